The minimum atomic E-state index is -4.82. The molecule has 0 heterocycles. The average Bonchev–Trinajstić information content (AvgIpc) is 2.07. The lowest BCUT2D eigenvalue weighted by molar-refractivity contribution is -0.274. The zero-order chi connectivity index (χ0) is 12.5. The number of carbonyl (C=O) groups is 1. The zero-order valence-corrected chi connectivity index (χ0v) is 11.0. The fraction of sp³-hybridized carbons (Fsp3) is 0.222. The summed E-state index contributed by atoms with van der Waals surface area (Å²) in [5.74, 6) is -1.03. The molecular formula is C9H5Br2F3O2. The molecule has 0 amide bonds. The van der Waals surface area contributed by atoms with E-state index in [1.165, 1.54) is 13.0 Å². The lowest BCUT2D eigenvalue weighted by Gasteiger charge is -2.12. The molecule has 0 aromatic heterocycles. The lowest BCUT2D eigenvalue weighted by Crippen LogP contribution is -2.18. The van der Waals surface area contributed by atoms with Gasteiger partial charge in [-0.3, -0.25) is 4.79 Å². The smallest absolute Gasteiger partial charge is 0.405 e. The third-order valence-corrected chi connectivity index (χ3v) is 3.47. The van der Waals surface area contributed by atoms with E-state index in [1.54, 1.807) is 0 Å². The number of ketones is 1. The Balaban J connectivity index is 3.25. The summed E-state index contributed by atoms with van der Waals surface area (Å²) in [6, 6.07) is 2.36. The van der Waals surface area contributed by atoms with Crippen molar-refractivity contribution in [3.05, 3.63) is 26.6 Å². The van der Waals surface area contributed by atoms with E-state index in [0.29, 0.717) is 8.95 Å². The molecule has 0 atom stereocenters. The second-order valence-corrected chi connectivity index (χ2v) is 4.58. The number of halogens is 5. The minimum Gasteiger partial charge on any atom is -0.405 e. The highest BCUT2D eigenvalue weighted by Crippen LogP contribution is 2.34. The van der Waals surface area contributed by atoms with Gasteiger partial charge in [0.15, 0.2) is 5.78 Å². The largest absolute Gasteiger partial charge is 0.573 e. The summed E-state index contributed by atoms with van der Waals surface area (Å²) in [4.78, 5) is 11.1. The van der Waals surface area contributed by atoms with Crippen molar-refractivity contribution in [1.82, 2.24) is 0 Å². The highest BCUT2D eigenvalue weighted by Gasteiger charge is 2.32. The fourth-order valence-electron chi connectivity index (χ4n) is 1.01. The second kappa shape index (κ2) is 4.75. The topological polar surface area (TPSA) is 26.3 Å². The summed E-state index contributed by atoms with van der Waals surface area (Å²) >= 11 is 6.12. The summed E-state index contributed by atoms with van der Waals surface area (Å²) in [5, 5.41) is 0. The van der Waals surface area contributed by atoms with E-state index in [1.807, 2.05) is 0 Å². The summed E-state index contributed by atoms with van der Waals surface area (Å²) in [6.07, 6.45) is -4.82. The molecule has 88 valence electrons. The van der Waals surface area contributed by atoms with E-state index < -0.39 is 17.9 Å². The normalized spacial score (nSPS) is 11.4. The van der Waals surface area contributed by atoms with E-state index in [2.05, 4.69) is 36.6 Å². The Morgan fingerprint density at radius 2 is 1.75 bits per heavy atom. The molecule has 1 aromatic carbocycles. The second-order valence-electron chi connectivity index (χ2n) is 2.87. The highest BCUT2D eigenvalue weighted by atomic mass is 79.9. The van der Waals surface area contributed by atoms with Crippen LogP contribution in [-0.2, 0) is 0 Å². The van der Waals surface area contributed by atoms with Crippen molar-refractivity contribution in [2.45, 2.75) is 13.3 Å². The van der Waals surface area contributed by atoms with Gasteiger partial charge in [0, 0.05) is 8.95 Å². The number of hydrogen-bond acceptors (Lipinski definition) is 2. The molecule has 7 heteroatoms. The van der Waals surface area contributed by atoms with Crippen LogP contribution in [0.4, 0.5) is 13.2 Å². The van der Waals surface area contributed by atoms with Crippen molar-refractivity contribution >= 4 is 37.6 Å². The number of alkyl halides is 3. The van der Waals surface area contributed by atoms with E-state index in [4.69, 9.17) is 0 Å². The van der Waals surface area contributed by atoms with E-state index in [9.17, 15) is 18.0 Å². The first-order valence-corrected chi connectivity index (χ1v) is 5.55. The van der Waals surface area contributed by atoms with Gasteiger partial charge in [-0.05, 0) is 50.9 Å². The summed E-state index contributed by atoms with van der Waals surface area (Å²) in [6.45, 7) is 1.17. The molecule has 1 rings (SSSR count). The van der Waals surface area contributed by atoms with Crippen molar-refractivity contribution in [2.75, 3.05) is 0 Å². The van der Waals surface area contributed by atoms with Crippen LogP contribution in [0.15, 0.2) is 21.1 Å². The molecule has 0 saturated heterocycles. The summed E-state index contributed by atoms with van der Waals surface area (Å²) in [7, 11) is 0. The Morgan fingerprint density at radius 3 is 2.19 bits per heavy atom. The van der Waals surface area contributed by atoms with Crippen LogP contribution in [0.5, 0.6) is 5.75 Å². The van der Waals surface area contributed by atoms with Gasteiger partial charge in [-0.15, -0.1) is 13.2 Å². The van der Waals surface area contributed by atoms with E-state index in [0.717, 1.165) is 6.07 Å². The SMILES string of the molecule is CC(=O)c1cc(Br)c(Br)cc1OC(F)(F)F. The molecule has 1 aromatic rings. The molecule has 0 saturated carbocycles. The maximum absolute atomic E-state index is 12.1. The van der Waals surface area contributed by atoms with Gasteiger partial charge >= 0.3 is 6.36 Å². The van der Waals surface area contributed by atoms with Crippen LogP contribution >= 0.6 is 31.9 Å². The van der Waals surface area contributed by atoms with E-state index >= 15 is 0 Å². The maximum Gasteiger partial charge on any atom is 0.573 e. The summed E-state index contributed by atoms with van der Waals surface area (Å²) in [5.41, 5.74) is -0.132. The van der Waals surface area contributed by atoms with Gasteiger partial charge in [-0.1, -0.05) is 0 Å². The van der Waals surface area contributed by atoms with Gasteiger partial charge in [0.05, 0.1) is 5.56 Å². The zero-order valence-electron chi connectivity index (χ0n) is 7.86. The van der Waals surface area contributed by atoms with Crippen molar-refractivity contribution < 1.29 is 22.7 Å². The Hall–Kier alpha value is -0.560. The van der Waals surface area contributed by atoms with Gasteiger partial charge < -0.3 is 4.74 Å². The van der Waals surface area contributed by atoms with Crippen LogP contribution < -0.4 is 4.74 Å². The maximum atomic E-state index is 12.1. The van der Waals surface area contributed by atoms with Gasteiger partial charge in [0.1, 0.15) is 5.75 Å². The molecule has 0 radical (unpaired) electrons. The molecule has 16 heavy (non-hydrogen) atoms. The first kappa shape index (κ1) is 13.5. The Bertz CT molecular complexity index is 429. The van der Waals surface area contributed by atoms with Gasteiger partial charge in [-0.25, -0.2) is 0 Å². The van der Waals surface area contributed by atoms with Crippen LogP contribution in [-0.4, -0.2) is 12.1 Å². The number of benzene rings is 1. The van der Waals surface area contributed by atoms with Crippen LogP contribution in [0.25, 0.3) is 0 Å². The number of ether oxygens (including phenoxy) is 1. The number of rotatable bonds is 2. The number of carbonyl (C=O) groups excluding carboxylic acids is 1. The molecule has 0 bridgehead atoms. The van der Waals surface area contributed by atoms with Gasteiger partial charge in [-0.2, -0.15) is 0 Å². The molecule has 0 spiro atoms. The number of hydrogen-bond donors (Lipinski definition) is 0. The first-order valence-electron chi connectivity index (χ1n) is 3.96. The predicted octanol–water partition coefficient (Wildman–Crippen LogP) is 4.31. The third kappa shape index (κ3) is 3.48. The Kier molecular flexibility index (Phi) is 4.01. The van der Waals surface area contributed by atoms with Crippen molar-refractivity contribution in [1.29, 1.82) is 0 Å². The molecule has 2 nitrogen and oxygen atoms in total. The Labute approximate surface area is 106 Å². The van der Waals surface area contributed by atoms with Crippen LogP contribution in [0.3, 0.4) is 0 Å². The average molecular weight is 362 g/mol. The Morgan fingerprint density at radius 1 is 1.25 bits per heavy atom. The summed E-state index contributed by atoms with van der Waals surface area (Å²) < 4.78 is 40.8. The van der Waals surface area contributed by atoms with Gasteiger partial charge in [0.2, 0.25) is 0 Å². The van der Waals surface area contributed by atoms with Gasteiger partial charge in [0.25, 0.3) is 0 Å². The molecule has 0 fully saturated rings. The molecular weight excluding hydrogens is 357 g/mol. The first-order chi connectivity index (χ1) is 7.20. The standard InChI is InChI=1S/C9H5Br2F3O2/c1-4(15)5-2-6(10)7(11)3-8(5)16-9(12,13)14/h2-3H,1H3. The lowest BCUT2D eigenvalue weighted by atomic mass is 10.1. The quantitative estimate of drug-likeness (QED) is 0.733. The predicted molar refractivity (Wildman–Crippen MR) is 58.5 cm³/mol. The monoisotopic (exact) mass is 360 g/mol. The molecule has 0 N–H and O–H groups in total. The number of Topliss-reactive ketones (excluding diaryl/α,β-unsaturated/α-hetero) is 1. The van der Waals surface area contributed by atoms with Crippen LogP contribution in [0.1, 0.15) is 17.3 Å². The van der Waals surface area contributed by atoms with Crippen LogP contribution in [0.2, 0.25) is 0 Å². The fourth-order valence-corrected chi connectivity index (χ4v) is 1.68. The molecule has 0 unspecified atom stereocenters. The molecule has 0 aliphatic carbocycles. The highest BCUT2D eigenvalue weighted by molar-refractivity contribution is 9.13. The molecule has 0 aliphatic heterocycles. The van der Waals surface area contributed by atoms with Crippen molar-refractivity contribution in [3.63, 3.8) is 0 Å². The molecule has 0 aliphatic rings. The van der Waals surface area contributed by atoms with E-state index in [-0.39, 0.29) is 5.56 Å². The van der Waals surface area contributed by atoms with Crippen molar-refractivity contribution in [2.24, 2.45) is 0 Å². The minimum absolute atomic E-state index is 0.132. The van der Waals surface area contributed by atoms with Crippen LogP contribution in [0, 0.1) is 0 Å². The third-order valence-electron chi connectivity index (χ3n) is 1.63. The van der Waals surface area contributed by atoms with Crippen molar-refractivity contribution in [3.8, 4) is 5.75 Å².